The number of ether oxygens (including phenoxy) is 2. The van der Waals surface area contributed by atoms with Crippen molar-refractivity contribution < 1.29 is 14.3 Å². The maximum absolute atomic E-state index is 11.8. The molecular formula is C19H19NO3. The molecule has 0 aliphatic carbocycles. The van der Waals surface area contributed by atoms with Gasteiger partial charge in [0.05, 0.1) is 11.1 Å². The Kier molecular flexibility index (Phi) is 5.02. The van der Waals surface area contributed by atoms with Crippen LogP contribution in [-0.4, -0.2) is 30.3 Å². The second kappa shape index (κ2) is 7.36. The number of pyridine rings is 1. The van der Waals surface area contributed by atoms with Crippen molar-refractivity contribution in [3.8, 4) is 11.8 Å². The maximum atomic E-state index is 11.8. The molecule has 23 heavy (non-hydrogen) atoms. The van der Waals surface area contributed by atoms with Crippen molar-refractivity contribution in [1.82, 2.24) is 4.98 Å². The van der Waals surface area contributed by atoms with Gasteiger partial charge in [-0.25, -0.2) is 4.98 Å². The quantitative estimate of drug-likeness (QED) is 0.644. The van der Waals surface area contributed by atoms with Gasteiger partial charge in [-0.15, -0.1) is 0 Å². The van der Waals surface area contributed by atoms with E-state index in [-0.39, 0.29) is 18.7 Å². The van der Waals surface area contributed by atoms with E-state index in [4.69, 9.17) is 9.47 Å². The van der Waals surface area contributed by atoms with Gasteiger partial charge in [0.1, 0.15) is 12.3 Å². The fraction of sp³-hybridized carbons (Fsp3) is 0.368. The molecule has 4 nitrogen and oxygen atoms in total. The Hall–Kier alpha value is -2.22. The third-order valence-corrected chi connectivity index (χ3v) is 3.79. The van der Waals surface area contributed by atoms with E-state index >= 15 is 0 Å². The summed E-state index contributed by atoms with van der Waals surface area (Å²) >= 11 is 0. The second-order valence-corrected chi connectivity index (χ2v) is 5.54. The van der Waals surface area contributed by atoms with E-state index in [0.717, 1.165) is 36.8 Å². The number of aromatic nitrogens is 1. The number of rotatable bonds is 3. The van der Waals surface area contributed by atoms with Gasteiger partial charge in [0.2, 0.25) is 0 Å². The number of ketones is 1. The van der Waals surface area contributed by atoms with Crippen molar-refractivity contribution in [3.63, 3.8) is 0 Å². The van der Waals surface area contributed by atoms with E-state index < -0.39 is 0 Å². The van der Waals surface area contributed by atoms with Crippen LogP contribution in [0, 0.1) is 11.8 Å². The molecule has 2 aromatic rings. The minimum Gasteiger partial charge on any atom is -0.353 e. The van der Waals surface area contributed by atoms with Crippen LogP contribution in [0.25, 0.3) is 10.9 Å². The van der Waals surface area contributed by atoms with Crippen molar-refractivity contribution >= 4 is 16.7 Å². The highest BCUT2D eigenvalue weighted by atomic mass is 16.7. The van der Waals surface area contributed by atoms with Gasteiger partial charge in [0, 0.05) is 12.0 Å². The van der Waals surface area contributed by atoms with E-state index in [0.29, 0.717) is 11.3 Å². The molecule has 0 N–H and O–H groups in total. The fourth-order valence-corrected chi connectivity index (χ4v) is 2.58. The Morgan fingerprint density at radius 3 is 3.04 bits per heavy atom. The number of para-hydroxylation sites is 1. The van der Waals surface area contributed by atoms with Gasteiger partial charge < -0.3 is 9.47 Å². The molecule has 2 heterocycles. The molecule has 0 saturated carbocycles. The predicted octanol–water partition coefficient (Wildman–Crippen LogP) is 3.33. The third kappa shape index (κ3) is 3.95. The zero-order valence-corrected chi connectivity index (χ0v) is 13.2. The Balaban J connectivity index is 1.77. The number of hydrogen-bond donors (Lipinski definition) is 0. The van der Waals surface area contributed by atoms with Crippen molar-refractivity contribution in [3.05, 3.63) is 41.6 Å². The summed E-state index contributed by atoms with van der Waals surface area (Å²) in [5.74, 6) is 5.87. The molecule has 4 heteroatoms. The minimum absolute atomic E-state index is 0.0379. The third-order valence-electron chi connectivity index (χ3n) is 3.79. The van der Waals surface area contributed by atoms with Crippen LogP contribution in [-0.2, 0) is 9.47 Å². The number of benzene rings is 1. The van der Waals surface area contributed by atoms with Crippen LogP contribution in [0.5, 0.6) is 0 Å². The summed E-state index contributed by atoms with van der Waals surface area (Å²) in [5, 5.41) is 0.940. The SMILES string of the molecule is CC(=O)c1cc2ccccc2nc1C#CCOC1CCCCO1. The minimum atomic E-state index is -0.158. The zero-order chi connectivity index (χ0) is 16.1. The first-order chi connectivity index (χ1) is 11.2. The molecule has 1 fully saturated rings. The number of nitrogens with zero attached hydrogens (tertiary/aromatic N) is 1. The van der Waals surface area contributed by atoms with Crippen molar-refractivity contribution in [2.75, 3.05) is 13.2 Å². The average Bonchev–Trinajstić information content (AvgIpc) is 2.59. The number of carbonyl (C=O) groups is 1. The smallest absolute Gasteiger partial charge is 0.162 e. The Bertz CT molecular complexity index is 767. The summed E-state index contributed by atoms with van der Waals surface area (Å²) in [6.45, 7) is 2.55. The van der Waals surface area contributed by atoms with Crippen LogP contribution in [0.2, 0.25) is 0 Å². The van der Waals surface area contributed by atoms with Crippen LogP contribution in [0.4, 0.5) is 0 Å². The highest BCUT2D eigenvalue weighted by Crippen LogP contribution is 2.17. The van der Waals surface area contributed by atoms with Crippen LogP contribution in [0.3, 0.4) is 0 Å². The highest BCUT2D eigenvalue weighted by molar-refractivity contribution is 5.99. The number of carbonyl (C=O) groups excluding carboxylic acids is 1. The lowest BCUT2D eigenvalue weighted by atomic mass is 10.1. The molecule has 0 radical (unpaired) electrons. The lowest BCUT2D eigenvalue weighted by Gasteiger charge is -2.21. The first-order valence-electron chi connectivity index (χ1n) is 7.87. The lowest BCUT2D eigenvalue weighted by molar-refractivity contribution is -0.154. The topological polar surface area (TPSA) is 48.4 Å². The van der Waals surface area contributed by atoms with E-state index in [1.165, 1.54) is 6.92 Å². The van der Waals surface area contributed by atoms with E-state index in [2.05, 4.69) is 16.8 Å². The Morgan fingerprint density at radius 2 is 2.26 bits per heavy atom. The molecule has 3 rings (SSSR count). The molecule has 1 aromatic heterocycles. The van der Waals surface area contributed by atoms with Gasteiger partial charge in [0.15, 0.2) is 12.1 Å². The molecule has 0 spiro atoms. The van der Waals surface area contributed by atoms with Crippen molar-refractivity contribution in [2.45, 2.75) is 32.5 Å². The Labute approximate surface area is 135 Å². The van der Waals surface area contributed by atoms with Gasteiger partial charge in [-0.05, 0) is 44.2 Å². The first-order valence-corrected chi connectivity index (χ1v) is 7.87. The highest BCUT2D eigenvalue weighted by Gasteiger charge is 2.13. The molecular weight excluding hydrogens is 290 g/mol. The van der Waals surface area contributed by atoms with Gasteiger partial charge in [-0.2, -0.15) is 0 Å². The predicted molar refractivity (Wildman–Crippen MR) is 88.2 cm³/mol. The van der Waals surface area contributed by atoms with Gasteiger partial charge in [-0.1, -0.05) is 24.1 Å². The average molecular weight is 309 g/mol. The summed E-state index contributed by atoms with van der Waals surface area (Å²) in [4.78, 5) is 16.3. The molecule has 1 aromatic carbocycles. The number of fused-ring (bicyclic) bond motifs is 1. The molecule has 1 atom stereocenters. The van der Waals surface area contributed by atoms with Gasteiger partial charge in [0.25, 0.3) is 0 Å². The lowest BCUT2D eigenvalue weighted by Crippen LogP contribution is -2.22. The first kappa shape index (κ1) is 15.7. The molecule has 1 aliphatic heterocycles. The summed E-state index contributed by atoms with van der Waals surface area (Å²) in [6, 6.07) is 9.55. The molecule has 0 bridgehead atoms. The van der Waals surface area contributed by atoms with Crippen LogP contribution in [0.1, 0.15) is 42.2 Å². The normalized spacial score (nSPS) is 17.5. The van der Waals surface area contributed by atoms with Gasteiger partial charge >= 0.3 is 0 Å². The van der Waals surface area contributed by atoms with Crippen molar-refractivity contribution in [1.29, 1.82) is 0 Å². The number of hydrogen-bond acceptors (Lipinski definition) is 4. The summed E-state index contributed by atoms with van der Waals surface area (Å²) in [6.07, 6.45) is 2.97. The van der Waals surface area contributed by atoms with E-state index in [1.807, 2.05) is 30.3 Å². The molecule has 1 aliphatic rings. The van der Waals surface area contributed by atoms with Gasteiger partial charge in [-0.3, -0.25) is 4.79 Å². The zero-order valence-electron chi connectivity index (χ0n) is 13.2. The summed E-state index contributed by atoms with van der Waals surface area (Å²) in [5.41, 5.74) is 1.88. The number of Topliss-reactive ketones (excluding diaryl/α,β-unsaturated/α-hetero) is 1. The standard InChI is InChI=1S/C19H19NO3/c1-14(21)16-13-15-7-2-3-8-17(15)20-18(16)9-6-12-23-19-10-4-5-11-22-19/h2-3,7-8,13,19H,4-5,10-12H2,1H3. The van der Waals surface area contributed by atoms with E-state index in [9.17, 15) is 4.79 Å². The summed E-state index contributed by atoms with van der Waals surface area (Å²) in [7, 11) is 0. The Morgan fingerprint density at radius 1 is 1.39 bits per heavy atom. The van der Waals surface area contributed by atoms with Crippen LogP contribution >= 0.6 is 0 Å². The molecule has 0 amide bonds. The maximum Gasteiger partial charge on any atom is 0.162 e. The molecule has 1 saturated heterocycles. The van der Waals surface area contributed by atoms with Crippen LogP contribution in [0.15, 0.2) is 30.3 Å². The molecule has 1 unspecified atom stereocenters. The van der Waals surface area contributed by atoms with Crippen molar-refractivity contribution in [2.24, 2.45) is 0 Å². The molecule has 118 valence electrons. The van der Waals surface area contributed by atoms with Crippen LogP contribution < -0.4 is 0 Å². The summed E-state index contributed by atoms with van der Waals surface area (Å²) < 4.78 is 11.1. The largest absolute Gasteiger partial charge is 0.353 e. The fourth-order valence-electron chi connectivity index (χ4n) is 2.58. The second-order valence-electron chi connectivity index (χ2n) is 5.54. The monoisotopic (exact) mass is 309 g/mol. The van der Waals surface area contributed by atoms with E-state index in [1.54, 1.807) is 0 Å².